The minimum absolute atomic E-state index is 0.151. The van der Waals surface area contributed by atoms with Crippen molar-refractivity contribution >= 4 is 5.78 Å². The maximum Gasteiger partial charge on any atom is 0.152 e. The van der Waals surface area contributed by atoms with E-state index in [0.29, 0.717) is 5.92 Å². The SMILES string of the molecule is CC(=O)/C=C(/C)CC(C)C. The Morgan fingerprint density at radius 2 is 1.90 bits per heavy atom. The van der Waals surface area contributed by atoms with Crippen molar-refractivity contribution in [3.63, 3.8) is 0 Å². The highest BCUT2D eigenvalue weighted by Gasteiger charge is 1.95. The Kier molecular flexibility index (Phi) is 4.01. The van der Waals surface area contributed by atoms with E-state index in [1.807, 2.05) is 6.92 Å². The second-order valence-corrected chi connectivity index (χ2v) is 3.20. The van der Waals surface area contributed by atoms with Crippen molar-refractivity contribution in [2.45, 2.75) is 34.1 Å². The fraction of sp³-hybridized carbons (Fsp3) is 0.667. The van der Waals surface area contributed by atoms with E-state index in [1.165, 1.54) is 5.57 Å². The molecule has 58 valence electrons. The van der Waals surface area contributed by atoms with E-state index >= 15 is 0 Å². The van der Waals surface area contributed by atoms with Gasteiger partial charge in [-0.1, -0.05) is 19.4 Å². The van der Waals surface area contributed by atoms with Gasteiger partial charge in [-0.3, -0.25) is 4.79 Å². The highest BCUT2D eigenvalue weighted by atomic mass is 16.1. The molecule has 0 aliphatic carbocycles. The number of carbonyl (C=O) groups excluding carboxylic acids is 1. The molecule has 0 aromatic carbocycles. The summed E-state index contributed by atoms with van der Waals surface area (Å²) < 4.78 is 0. The van der Waals surface area contributed by atoms with Crippen LogP contribution in [0.25, 0.3) is 0 Å². The van der Waals surface area contributed by atoms with E-state index < -0.39 is 0 Å². The topological polar surface area (TPSA) is 17.1 Å². The second-order valence-electron chi connectivity index (χ2n) is 3.20. The Morgan fingerprint density at radius 1 is 1.40 bits per heavy atom. The first-order valence-corrected chi connectivity index (χ1v) is 3.70. The lowest BCUT2D eigenvalue weighted by molar-refractivity contribution is -0.112. The smallest absolute Gasteiger partial charge is 0.152 e. The molecule has 0 aliphatic rings. The minimum atomic E-state index is 0.151. The molecule has 0 aliphatic heterocycles. The Hall–Kier alpha value is -0.590. The first-order chi connectivity index (χ1) is 4.52. The zero-order chi connectivity index (χ0) is 8.15. The maximum absolute atomic E-state index is 10.6. The first-order valence-electron chi connectivity index (χ1n) is 3.70. The number of rotatable bonds is 3. The summed E-state index contributed by atoms with van der Waals surface area (Å²) >= 11 is 0. The van der Waals surface area contributed by atoms with Crippen LogP contribution in [0.1, 0.15) is 34.1 Å². The van der Waals surface area contributed by atoms with Crippen molar-refractivity contribution in [1.29, 1.82) is 0 Å². The quantitative estimate of drug-likeness (QED) is 0.551. The zero-order valence-corrected chi connectivity index (χ0v) is 7.27. The lowest BCUT2D eigenvalue weighted by atomic mass is 10.0. The van der Waals surface area contributed by atoms with Crippen molar-refractivity contribution in [2.24, 2.45) is 5.92 Å². The van der Waals surface area contributed by atoms with Gasteiger partial charge in [0, 0.05) is 0 Å². The normalized spacial score (nSPS) is 12.3. The summed E-state index contributed by atoms with van der Waals surface area (Å²) in [7, 11) is 0. The molecule has 0 spiro atoms. The van der Waals surface area contributed by atoms with Gasteiger partial charge in [-0.25, -0.2) is 0 Å². The van der Waals surface area contributed by atoms with Crippen LogP contribution in [0, 0.1) is 5.92 Å². The lowest BCUT2D eigenvalue weighted by Gasteiger charge is -2.02. The van der Waals surface area contributed by atoms with Crippen molar-refractivity contribution in [3.05, 3.63) is 11.6 Å². The summed E-state index contributed by atoms with van der Waals surface area (Å²) in [5.41, 5.74) is 1.18. The minimum Gasteiger partial charge on any atom is -0.295 e. The van der Waals surface area contributed by atoms with Crippen LogP contribution in [-0.4, -0.2) is 5.78 Å². The van der Waals surface area contributed by atoms with Gasteiger partial charge in [0.05, 0.1) is 0 Å². The Bertz CT molecular complexity index is 143. The molecule has 0 saturated heterocycles. The third-order valence-electron chi connectivity index (χ3n) is 1.18. The van der Waals surface area contributed by atoms with Gasteiger partial charge >= 0.3 is 0 Å². The lowest BCUT2D eigenvalue weighted by Crippen LogP contribution is -1.91. The van der Waals surface area contributed by atoms with Crippen LogP contribution in [0.15, 0.2) is 11.6 Å². The van der Waals surface area contributed by atoms with Crippen molar-refractivity contribution in [3.8, 4) is 0 Å². The van der Waals surface area contributed by atoms with Crippen LogP contribution >= 0.6 is 0 Å². The van der Waals surface area contributed by atoms with Crippen LogP contribution in [0.3, 0.4) is 0 Å². The highest BCUT2D eigenvalue weighted by Crippen LogP contribution is 2.08. The molecule has 0 aromatic rings. The summed E-state index contributed by atoms with van der Waals surface area (Å²) in [5.74, 6) is 0.800. The van der Waals surface area contributed by atoms with Gasteiger partial charge < -0.3 is 0 Å². The predicted molar refractivity (Wildman–Crippen MR) is 43.9 cm³/mol. The van der Waals surface area contributed by atoms with Gasteiger partial charge in [0.2, 0.25) is 0 Å². The van der Waals surface area contributed by atoms with Gasteiger partial charge in [0.25, 0.3) is 0 Å². The summed E-state index contributed by atoms with van der Waals surface area (Å²) in [6, 6.07) is 0. The standard InChI is InChI=1S/C9H16O/c1-7(2)5-8(3)6-9(4)10/h6-7H,5H2,1-4H3/b8-6-. The van der Waals surface area contributed by atoms with Crippen LogP contribution in [0.5, 0.6) is 0 Å². The number of carbonyl (C=O) groups is 1. The molecular formula is C9H16O. The number of ketones is 1. The van der Waals surface area contributed by atoms with Gasteiger partial charge in [-0.15, -0.1) is 0 Å². The Balaban J connectivity index is 3.83. The predicted octanol–water partition coefficient (Wildman–Crippen LogP) is 2.57. The van der Waals surface area contributed by atoms with E-state index in [9.17, 15) is 4.79 Å². The molecule has 0 amide bonds. The summed E-state index contributed by atoms with van der Waals surface area (Å²) in [5, 5.41) is 0. The number of hydrogen-bond acceptors (Lipinski definition) is 1. The summed E-state index contributed by atoms with van der Waals surface area (Å²) in [6.45, 7) is 7.89. The third-order valence-corrected chi connectivity index (χ3v) is 1.18. The molecule has 0 radical (unpaired) electrons. The molecule has 0 bridgehead atoms. The molecule has 0 heterocycles. The molecule has 0 fully saturated rings. The van der Waals surface area contributed by atoms with Crippen LogP contribution in [0.2, 0.25) is 0 Å². The first kappa shape index (κ1) is 9.41. The molecular weight excluding hydrogens is 124 g/mol. The molecule has 0 rings (SSSR count). The molecule has 0 N–H and O–H groups in total. The van der Waals surface area contributed by atoms with E-state index in [4.69, 9.17) is 0 Å². The summed E-state index contributed by atoms with van der Waals surface area (Å²) in [6.07, 6.45) is 2.74. The van der Waals surface area contributed by atoms with Crippen LogP contribution < -0.4 is 0 Å². The van der Waals surface area contributed by atoms with E-state index in [1.54, 1.807) is 13.0 Å². The number of allylic oxidation sites excluding steroid dienone is 2. The van der Waals surface area contributed by atoms with E-state index in [2.05, 4.69) is 13.8 Å². The molecule has 10 heavy (non-hydrogen) atoms. The number of hydrogen-bond donors (Lipinski definition) is 0. The highest BCUT2D eigenvalue weighted by molar-refractivity contribution is 5.87. The Labute approximate surface area is 63.1 Å². The van der Waals surface area contributed by atoms with Gasteiger partial charge in [-0.05, 0) is 32.3 Å². The molecule has 0 aromatic heterocycles. The van der Waals surface area contributed by atoms with E-state index in [-0.39, 0.29) is 5.78 Å². The summed E-state index contributed by atoms with van der Waals surface area (Å²) in [4.78, 5) is 10.6. The fourth-order valence-corrected chi connectivity index (χ4v) is 1.05. The molecule has 1 heteroatoms. The van der Waals surface area contributed by atoms with E-state index in [0.717, 1.165) is 6.42 Å². The fourth-order valence-electron chi connectivity index (χ4n) is 1.05. The van der Waals surface area contributed by atoms with Crippen LogP contribution in [-0.2, 0) is 4.79 Å². The molecule has 0 unspecified atom stereocenters. The molecule has 0 atom stereocenters. The second kappa shape index (κ2) is 4.26. The van der Waals surface area contributed by atoms with Crippen LogP contribution in [0.4, 0.5) is 0 Å². The van der Waals surface area contributed by atoms with Crippen molar-refractivity contribution < 1.29 is 4.79 Å². The largest absolute Gasteiger partial charge is 0.295 e. The average molecular weight is 140 g/mol. The molecule has 1 nitrogen and oxygen atoms in total. The monoisotopic (exact) mass is 140 g/mol. The van der Waals surface area contributed by atoms with Gasteiger partial charge in [0.15, 0.2) is 5.78 Å². The van der Waals surface area contributed by atoms with Crippen molar-refractivity contribution in [2.75, 3.05) is 0 Å². The average Bonchev–Trinajstić information content (AvgIpc) is 1.58. The van der Waals surface area contributed by atoms with Crippen molar-refractivity contribution in [1.82, 2.24) is 0 Å². The third kappa shape index (κ3) is 5.54. The maximum atomic E-state index is 10.6. The van der Waals surface area contributed by atoms with Gasteiger partial charge in [0.1, 0.15) is 0 Å². The Morgan fingerprint density at radius 3 is 2.20 bits per heavy atom. The molecule has 0 saturated carbocycles. The van der Waals surface area contributed by atoms with Gasteiger partial charge in [-0.2, -0.15) is 0 Å². The zero-order valence-electron chi connectivity index (χ0n) is 7.27.